The van der Waals surface area contributed by atoms with Crippen LogP contribution in [0.1, 0.15) is 31.9 Å². The molecular weight excluding hydrogens is 502 g/mol. The number of hydrogen-bond acceptors (Lipinski definition) is 5. The molecule has 3 rings (SSSR count). The smallest absolute Gasteiger partial charge is 0.264 e. The van der Waals surface area contributed by atoms with Crippen LogP contribution in [-0.2, 0) is 32.6 Å². The van der Waals surface area contributed by atoms with Gasteiger partial charge >= 0.3 is 0 Å². The number of ether oxygens (including phenoxy) is 1. The van der Waals surface area contributed by atoms with E-state index in [9.17, 15) is 18.0 Å². The first-order valence-electron chi connectivity index (χ1n) is 12.6. The molecule has 1 atom stereocenters. The Balaban J connectivity index is 2.02. The molecule has 0 saturated carbocycles. The summed E-state index contributed by atoms with van der Waals surface area (Å²) in [6.07, 6.45) is 0.795. The third kappa shape index (κ3) is 6.92. The Morgan fingerprint density at radius 3 is 2.21 bits per heavy atom. The van der Waals surface area contributed by atoms with Gasteiger partial charge in [-0.15, -0.1) is 0 Å². The van der Waals surface area contributed by atoms with E-state index in [-0.39, 0.29) is 17.3 Å². The van der Waals surface area contributed by atoms with E-state index in [1.165, 1.54) is 17.0 Å². The molecule has 0 fully saturated rings. The van der Waals surface area contributed by atoms with Gasteiger partial charge in [-0.25, -0.2) is 8.42 Å². The number of benzene rings is 3. The molecule has 0 aromatic heterocycles. The molecule has 1 N–H and O–H groups in total. The van der Waals surface area contributed by atoms with Crippen molar-refractivity contribution >= 4 is 27.5 Å². The van der Waals surface area contributed by atoms with Crippen LogP contribution in [0.2, 0.25) is 0 Å². The number of nitrogens with zero attached hydrogens (tertiary/aromatic N) is 2. The van der Waals surface area contributed by atoms with Crippen molar-refractivity contribution < 1.29 is 22.7 Å². The predicted octanol–water partition coefficient (Wildman–Crippen LogP) is 4.01. The highest BCUT2D eigenvalue weighted by Crippen LogP contribution is 2.25. The van der Waals surface area contributed by atoms with Crippen molar-refractivity contribution in [2.75, 3.05) is 24.5 Å². The third-order valence-electron chi connectivity index (χ3n) is 6.25. The molecule has 2 amide bonds. The minimum Gasteiger partial charge on any atom is -0.497 e. The maximum atomic E-state index is 13.8. The number of rotatable bonds is 12. The van der Waals surface area contributed by atoms with Gasteiger partial charge in [-0.3, -0.25) is 13.9 Å². The lowest BCUT2D eigenvalue weighted by Crippen LogP contribution is -2.51. The molecule has 0 aliphatic carbocycles. The second-order valence-corrected chi connectivity index (χ2v) is 10.7. The van der Waals surface area contributed by atoms with Crippen molar-refractivity contribution in [2.45, 2.75) is 44.7 Å². The number of methoxy groups -OCH3 is 1. The van der Waals surface area contributed by atoms with Gasteiger partial charge in [0.05, 0.1) is 17.7 Å². The van der Waals surface area contributed by atoms with Crippen LogP contribution in [0, 0.1) is 0 Å². The van der Waals surface area contributed by atoms with Gasteiger partial charge in [-0.1, -0.05) is 49.4 Å². The molecule has 3 aromatic carbocycles. The quantitative estimate of drug-likeness (QED) is 0.377. The summed E-state index contributed by atoms with van der Waals surface area (Å²) in [7, 11) is -2.53. The van der Waals surface area contributed by atoms with E-state index in [0.29, 0.717) is 18.0 Å². The van der Waals surface area contributed by atoms with Crippen LogP contribution in [0.15, 0.2) is 83.8 Å². The molecule has 3 aromatic rings. The van der Waals surface area contributed by atoms with E-state index in [2.05, 4.69) is 5.32 Å². The molecule has 0 saturated heterocycles. The van der Waals surface area contributed by atoms with Crippen molar-refractivity contribution in [2.24, 2.45) is 0 Å². The monoisotopic (exact) mass is 537 g/mol. The summed E-state index contributed by atoms with van der Waals surface area (Å²) < 4.78 is 33.9. The molecule has 0 unspecified atom stereocenters. The molecule has 202 valence electrons. The first kappa shape index (κ1) is 28.7. The van der Waals surface area contributed by atoms with Crippen molar-refractivity contribution in [3.63, 3.8) is 0 Å². The highest BCUT2D eigenvalue weighted by molar-refractivity contribution is 7.92. The Kier molecular flexibility index (Phi) is 9.90. The Hall–Kier alpha value is -3.85. The van der Waals surface area contributed by atoms with E-state index in [4.69, 9.17) is 4.74 Å². The summed E-state index contributed by atoms with van der Waals surface area (Å²) in [6.45, 7) is 5.47. The normalized spacial score (nSPS) is 11.9. The third-order valence-corrected chi connectivity index (χ3v) is 8.04. The Morgan fingerprint density at radius 1 is 0.921 bits per heavy atom. The summed E-state index contributed by atoms with van der Waals surface area (Å²) in [5.41, 5.74) is 2.16. The number of nitrogens with one attached hydrogen (secondary N) is 1. The Morgan fingerprint density at radius 2 is 1.61 bits per heavy atom. The largest absolute Gasteiger partial charge is 0.497 e. The molecule has 38 heavy (non-hydrogen) atoms. The minimum absolute atomic E-state index is 0.0727. The van der Waals surface area contributed by atoms with Crippen LogP contribution in [0.25, 0.3) is 0 Å². The zero-order valence-corrected chi connectivity index (χ0v) is 23.1. The number of hydrogen-bond donors (Lipinski definition) is 1. The zero-order chi connectivity index (χ0) is 27.7. The maximum Gasteiger partial charge on any atom is 0.264 e. The van der Waals surface area contributed by atoms with Gasteiger partial charge in [-0.2, -0.15) is 0 Å². The number of anilines is 1. The molecule has 0 bridgehead atoms. The first-order chi connectivity index (χ1) is 18.2. The lowest BCUT2D eigenvalue weighted by molar-refractivity contribution is -0.139. The number of sulfonamides is 1. The van der Waals surface area contributed by atoms with Crippen LogP contribution >= 0.6 is 0 Å². The first-order valence-corrected chi connectivity index (χ1v) is 14.0. The van der Waals surface area contributed by atoms with Gasteiger partial charge in [0.25, 0.3) is 10.0 Å². The molecule has 0 spiro atoms. The number of aryl methyl sites for hydroxylation is 1. The Labute approximate surface area is 225 Å². The Bertz CT molecular complexity index is 1330. The molecule has 0 aliphatic heterocycles. The van der Waals surface area contributed by atoms with Crippen molar-refractivity contribution in [3.8, 4) is 5.75 Å². The number of carbonyl (C=O) groups is 2. The van der Waals surface area contributed by atoms with Gasteiger partial charge < -0.3 is 15.0 Å². The maximum absolute atomic E-state index is 13.8. The lowest BCUT2D eigenvalue weighted by Gasteiger charge is -2.32. The summed E-state index contributed by atoms with van der Waals surface area (Å²) in [6, 6.07) is 21.5. The average molecular weight is 538 g/mol. The summed E-state index contributed by atoms with van der Waals surface area (Å²) in [5, 5.41) is 2.75. The van der Waals surface area contributed by atoms with Crippen LogP contribution < -0.4 is 14.4 Å². The molecule has 0 aliphatic rings. The second kappa shape index (κ2) is 13.1. The summed E-state index contributed by atoms with van der Waals surface area (Å²) in [5.74, 6) is -0.219. The standard InChI is InChI=1S/C29H35N3O5S/c1-5-23-15-17-25(18-16-23)32(38(35,36)27-13-8-7-9-14-27)21-28(33)31(22(3)29(34)30-6-2)20-24-11-10-12-26(19-24)37-4/h7-19,22H,5-6,20-21H2,1-4H3,(H,30,34)/t22-/m0/s1. The van der Waals surface area contributed by atoms with E-state index < -0.39 is 28.5 Å². The molecule has 9 heteroatoms. The van der Waals surface area contributed by atoms with Crippen LogP contribution in [0.5, 0.6) is 5.75 Å². The van der Waals surface area contributed by atoms with Gasteiger partial charge in [-0.05, 0) is 67.8 Å². The average Bonchev–Trinajstić information content (AvgIpc) is 2.94. The van der Waals surface area contributed by atoms with Gasteiger partial charge in [0.1, 0.15) is 18.3 Å². The zero-order valence-electron chi connectivity index (χ0n) is 22.3. The highest BCUT2D eigenvalue weighted by Gasteiger charge is 2.32. The SMILES string of the molecule is CCNC(=O)[C@H](C)N(Cc1cccc(OC)c1)C(=O)CN(c1ccc(CC)cc1)S(=O)(=O)c1ccccc1. The highest BCUT2D eigenvalue weighted by atomic mass is 32.2. The second-order valence-electron chi connectivity index (χ2n) is 8.79. The van der Waals surface area contributed by atoms with Crippen molar-refractivity contribution in [1.82, 2.24) is 10.2 Å². The summed E-state index contributed by atoms with van der Waals surface area (Å²) >= 11 is 0. The van der Waals surface area contributed by atoms with Crippen LogP contribution in [0.3, 0.4) is 0 Å². The fourth-order valence-corrected chi connectivity index (χ4v) is 5.45. The van der Waals surface area contributed by atoms with Gasteiger partial charge in [0.2, 0.25) is 11.8 Å². The fraction of sp³-hybridized carbons (Fsp3) is 0.310. The van der Waals surface area contributed by atoms with Gasteiger partial charge in [0, 0.05) is 13.1 Å². The van der Waals surface area contributed by atoms with Crippen molar-refractivity contribution in [3.05, 3.63) is 90.0 Å². The molecule has 0 radical (unpaired) electrons. The van der Waals surface area contributed by atoms with E-state index in [1.807, 2.05) is 25.1 Å². The van der Waals surface area contributed by atoms with E-state index in [1.54, 1.807) is 69.5 Å². The summed E-state index contributed by atoms with van der Waals surface area (Å²) in [4.78, 5) is 28.1. The lowest BCUT2D eigenvalue weighted by atomic mass is 10.1. The van der Waals surface area contributed by atoms with Gasteiger partial charge in [0.15, 0.2) is 0 Å². The fourth-order valence-electron chi connectivity index (χ4n) is 4.02. The number of likely N-dealkylation sites (N-methyl/N-ethyl adjacent to an activating group) is 1. The van der Waals surface area contributed by atoms with Crippen molar-refractivity contribution in [1.29, 1.82) is 0 Å². The molecule has 0 heterocycles. The number of carbonyl (C=O) groups excluding carboxylic acids is 2. The van der Waals surface area contributed by atoms with Crippen LogP contribution in [-0.4, -0.2) is 51.4 Å². The van der Waals surface area contributed by atoms with E-state index >= 15 is 0 Å². The molecular formula is C29H35N3O5S. The van der Waals surface area contributed by atoms with E-state index in [0.717, 1.165) is 21.9 Å². The van der Waals surface area contributed by atoms with Crippen LogP contribution in [0.4, 0.5) is 5.69 Å². The minimum atomic E-state index is -4.08. The topological polar surface area (TPSA) is 96.0 Å². The number of amides is 2. The molecule has 8 nitrogen and oxygen atoms in total. The predicted molar refractivity (Wildman–Crippen MR) is 148 cm³/mol.